The normalized spacial score (nSPS) is 13.0. The molecule has 0 heterocycles. The Morgan fingerprint density at radius 3 is 2.52 bits per heavy atom. The second-order valence-corrected chi connectivity index (χ2v) is 5.95. The van der Waals surface area contributed by atoms with Gasteiger partial charge in [-0.2, -0.15) is 0 Å². The average molecular weight is 346 g/mol. The van der Waals surface area contributed by atoms with Crippen LogP contribution in [-0.2, 0) is 12.0 Å². The molecule has 1 unspecified atom stereocenters. The number of carbonyl (C=O) groups excluding carboxylic acids is 1. The van der Waals surface area contributed by atoms with Gasteiger partial charge in [-0.25, -0.2) is 9.18 Å². The number of rotatable bonds is 7. The molecule has 2 aromatic rings. The smallest absolute Gasteiger partial charge is 0.314 e. The van der Waals surface area contributed by atoms with Crippen molar-refractivity contribution in [3.63, 3.8) is 0 Å². The van der Waals surface area contributed by atoms with E-state index in [0.717, 1.165) is 11.3 Å². The van der Waals surface area contributed by atoms with Gasteiger partial charge in [-0.1, -0.05) is 30.3 Å². The molecular weight excluding hydrogens is 323 g/mol. The molecule has 0 fully saturated rings. The summed E-state index contributed by atoms with van der Waals surface area (Å²) in [6.07, 6.45) is 0.631. The quantitative estimate of drug-likeness (QED) is 0.722. The monoisotopic (exact) mass is 346 g/mol. The van der Waals surface area contributed by atoms with Crippen LogP contribution in [0.3, 0.4) is 0 Å². The van der Waals surface area contributed by atoms with Crippen LogP contribution in [0.2, 0.25) is 0 Å². The summed E-state index contributed by atoms with van der Waals surface area (Å²) in [5.74, 6) is 0.408. The van der Waals surface area contributed by atoms with Crippen molar-refractivity contribution in [2.45, 2.75) is 18.9 Å². The Labute approximate surface area is 146 Å². The molecule has 0 spiro atoms. The fourth-order valence-corrected chi connectivity index (χ4v) is 2.45. The first-order chi connectivity index (χ1) is 11.9. The predicted molar refractivity (Wildman–Crippen MR) is 94.1 cm³/mol. The molecule has 2 rings (SSSR count). The van der Waals surface area contributed by atoms with Crippen molar-refractivity contribution in [3.8, 4) is 5.75 Å². The summed E-state index contributed by atoms with van der Waals surface area (Å²) in [5, 5.41) is 15.8. The summed E-state index contributed by atoms with van der Waals surface area (Å²) in [7, 11) is 1.61. The lowest BCUT2D eigenvalue weighted by Crippen LogP contribution is -2.44. The number of para-hydroxylation sites is 1. The zero-order valence-corrected chi connectivity index (χ0v) is 14.4. The number of aliphatic hydroxyl groups is 1. The second kappa shape index (κ2) is 8.48. The molecule has 3 N–H and O–H groups in total. The fourth-order valence-electron chi connectivity index (χ4n) is 2.45. The van der Waals surface area contributed by atoms with E-state index in [1.165, 1.54) is 24.3 Å². The molecule has 0 aromatic heterocycles. The van der Waals surface area contributed by atoms with Gasteiger partial charge in [-0.15, -0.1) is 0 Å². The van der Waals surface area contributed by atoms with Gasteiger partial charge >= 0.3 is 6.03 Å². The number of carbonyl (C=O) groups is 1. The van der Waals surface area contributed by atoms with Gasteiger partial charge in [0.15, 0.2) is 0 Å². The molecule has 2 amide bonds. The highest BCUT2D eigenvalue weighted by molar-refractivity contribution is 5.73. The Morgan fingerprint density at radius 2 is 1.84 bits per heavy atom. The van der Waals surface area contributed by atoms with E-state index in [2.05, 4.69) is 10.6 Å². The number of hydrogen-bond donors (Lipinski definition) is 3. The molecule has 0 aliphatic carbocycles. The van der Waals surface area contributed by atoms with Gasteiger partial charge in [0.1, 0.15) is 17.2 Å². The van der Waals surface area contributed by atoms with Crippen molar-refractivity contribution in [3.05, 3.63) is 65.5 Å². The van der Waals surface area contributed by atoms with Crippen molar-refractivity contribution >= 4 is 6.03 Å². The van der Waals surface area contributed by atoms with Crippen LogP contribution >= 0.6 is 0 Å². The van der Waals surface area contributed by atoms with E-state index in [4.69, 9.17) is 4.74 Å². The first-order valence-electron chi connectivity index (χ1n) is 8.04. The zero-order chi connectivity index (χ0) is 18.3. The first-order valence-corrected chi connectivity index (χ1v) is 8.04. The maximum atomic E-state index is 13.0. The highest BCUT2D eigenvalue weighted by Crippen LogP contribution is 2.20. The number of urea groups is 1. The van der Waals surface area contributed by atoms with Crippen molar-refractivity contribution in [1.82, 2.24) is 10.6 Å². The molecule has 2 aromatic carbocycles. The third-order valence-corrected chi connectivity index (χ3v) is 3.93. The van der Waals surface area contributed by atoms with Gasteiger partial charge in [-0.3, -0.25) is 0 Å². The van der Waals surface area contributed by atoms with Crippen molar-refractivity contribution in [2.24, 2.45) is 0 Å². The Morgan fingerprint density at radius 1 is 1.16 bits per heavy atom. The fraction of sp³-hybridized carbons (Fsp3) is 0.316. The predicted octanol–water partition coefficient (Wildman–Crippen LogP) is 2.58. The minimum atomic E-state index is -1.28. The van der Waals surface area contributed by atoms with E-state index in [1.807, 2.05) is 24.3 Å². The van der Waals surface area contributed by atoms with Crippen LogP contribution < -0.4 is 15.4 Å². The van der Waals surface area contributed by atoms with Crippen molar-refractivity contribution in [1.29, 1.82) is 0 Å². The van der Waals surface area contributed by atoms with Crippen LogP contribution in [0.15, 0.2) is 48.5 Å². The number of amides is 2. The molecule has 6 heteroatoms. The van der Waals surface area contributed by atoms with E-state index in [9.17, 15) is 14.3 Å². The van der Waals surface area contributed by atoms with E-state index in [-0.39, 0.29) is 18.4 Å². The number of methoxy groups -OCH3 is 1. The zero-order valence-electron chi connectivity index (χ0n) is 14.4. The number of benzene rings is 2. The van der Waals surface area contributed by atoms with Gasteiger partial charge in [0.25, 0.3) is 0 Å². The van der Waals surface area contributed by atoms with Gasteiger partial charge in [0.2, 0.25) is 0 Å². The number of halogens is 1. The van der Waals surface area contributed by atoms with E-state index in [1.54, 1.807) is 14.0 Å². The molecular formula is C19H23FN2O3. The number of hydrogen-bond acceptors (Lipinski definition) is 3. The number of ether oxygens (including phenoxy) is 1. The highest BCUT2D eigenvalue weighted by atomic mass is 19.1. The van der Waals surface area contributed by atoms with Gasteiger partial charge < -0.3 is 20.5 Å². The van der Waals surface area contributed by atoms with Crippen LogP contribution in [0.25, 0.3) is 0 Å². The minimum Gasteiger partial charge on any atom is -0.496 e. The number of nitrogens with one attached hydrogen (secondary N) is 2. The van der Waals surface area contributed by atoms with Crippen LogP contribution in [-0.4, -0.2) is 31.3 Å². The minimum absolute atomic E-state index is 0.0130. The van der Waals surface area contributed by atoms with Crippen molar-refractivity contribution in [2.75, 3.05) is 20.2 Å². The maximum Gasteiger partial charge on any atom is 0.314 e. The Bertz CT molecular complexity index is 702. The SMILES string of the molecule is COc1ccccc1CCNC(=O)NCC(C)(O)c1ccc(F)cc1. The molecule has 134 valence electrons. The standard InChI is InChI=1S/C19H23FN2O3/c1-19(24,15-7-9-16(20)10-8-15)13-22-18(23)21-12-11-14-5-3-4-6-17(14)25-2/h3-10,24H,11-13H2,1-2H3,(H2,21,22,23). The Balaban J connectivity index is 1.79. The Hall–Kier alpha value is -2.60. The molecule has 0 radical (unpaired) electrons. The molecule has 1 atom stereocenters. The lowest BCUT2D eigenvalue weighted by molar-refractivity contribution is 0.0593. The van der Waals surface area contributed by atoms with E-state index < -0.39 is 5.60 Å². The second-order valence-electron chi connectivity index (χ2n) is 5.95. The summed E-state index contributed by atoms with van der Waals surface area (Å²) in [6.45, 7) is 2.01. The maximum absolute atomic E-state index is 13.0. The molecule has 0 saturated heterocycles. The van der Waals surface area contributed by atoms with Crippen LogP contribution in [0.1, 0.15) is 18.1 Å². The lowest BCUT2D eigenvalue weighted by atomic mass is 9.96. The molecule has 0 bridgehead atoms. The lowest BCUT2D eigenvalue weighted by Gasteiger charge is -2.24. The van der Waals surface area contributed by atoms with Crippen LogP contribution in [0, 0.1) is 5.82 Å². The van der Waals surface area contributed by atoms with E-state index >= 15 is 0 Å². The topological polar surface area (TPSA) is 70.6 Å². The van der Waals surface area contributed by atoms with Crippen LogP contribution in [0.4, 0.5) is 9.18 Å². The molecule has 25 heavy (non-hydrogen) atoms. The van der Waals surface area contributed by atoms with Crippen molar-refractivity contribution < 1.29 is 19.0 Å². The average Bonchev–Trinajstić information content (AvgIpc) is 2.61. The first kappa shape index (κ1) is 18.7. The van der Waals surface area contributed by atoms with Gasteiger partial charge in [0.05, 0.1) is 13.7 Å². The third kappa shape index (κ3) is 5.46. The highest BCUT2D eigenvalue weighted by Gasteiger charge is 2.23. The summed E-state index contributed by atoms with van der Waals surface area (Å²) in [4.78, 5) is 11.9. The molecule has 0 saturated carbocycles. The molecule has 0 aliphatic heterocycles. The summed E-state index contributed by atoms with van der Waals surface area (Å²) in [6, 6.07) is 12.8. The van der Waals surface area contributed by atoms with Gasteiger partial charge in [0, 0.05) is 6.54 Å². The Kier molecular flexibility index (Phi) is 6.36. The largest absolute Gasteiger partial charge is 0.496 e. The van der Waals surface area contributed by atoms with Gasteiger partial charge in [-0.05, 0) is 42.7 Å². The summed E-state index contributed by atoms with van der Waals surface area (Å²) in [5.41, 5.74) is 0.250. The summed E-state index contributed by atoms with van der Waals surface area (Å²) >= 11 is 0. The van der Waals surface area contributed by atoms with Crippen LogP contribution in [0.5, 0.6) is 5.75 Å². The summed E-state index contributed by atoms with van der Waals surface area (Å²) < 4.78 is 18.2. The molecule has 5 nitrogen and oxygen atoms in total. The third-order valence-electron chi connectivity index (χ3n) is 3.93. The van der Waals surface area contributed by atoms with E-state index in [0.29, 0.717) is 18.5 Å². The molecule has 0 aliphatic rings.